The minimum absolute atomic E-state index is 0.392. The number of benzene rings is 1. The minimum Gasteiger partial charge on any atom is -0.0654 e. The molecule has 0 aliphatic carbocycles. The highest BCUT2D eigenvalue weighted by molar-refractivity contribution is 5.23. The number of aryl methyl sites for hydroxylation is 1. The van der Waals surface area contributed by atoms with E-state index in [0.717, 1.165) is 0 Å². The lowest BCUT2D eigenvalue weighted by molar-refractivity contribution is 0.411. The van der Waals surface area contributed by atoms with E-state index >= 15 is 0 Å². The minimum atomic E-state index is 0.392. The first-order valence-corrected chi connectivity index (χ1v) is 7.09. The summed E-state index contributed by atoms with van der Waals surface area (Å²) in [6.07, 6.45) is 7.83. The molecule has 0 N–H and O–H groups in total. The van der Waals surface area contributed by atoms with E-state index in [4.69, 9.17) is 0 Å². The van der Waals surface area contributed by atoms with Gasteiger partial charge in [0.2, 0.25) is 0 Å². The molecule has 1 aromatic rings. The van der Waals surface area contributed by atoms with Crippen molar-refractivity contribution in [3.05, 3.63) is 35.4 Å². The second-order valence-corrected chi connectivity index (χ2v) is 6.36. The molecule has 0 heterocycles. The fraction of sp³-hybridized carbons (Fsp3) is 0.647. The van der Waals surface area contributed by atoms with Crippen LogP contribution in [0.25, 0.3) is 0 Å². The van der Waals surface area contributed by atoms with Gasteiger partial charge in [0.15, 0.2) is 0 Å². The molecule has 0 radical (unpaired) electrons. The predicted molar refractivity (Wildman–Crippen MR) is 77.4 cm³/mol. The van der Waals surface area contributed by atoms with Crippen molar-refractivity contribution in [1.29, 1.82) is 0 Å². The molecule has 0 fully saturated rings. The lowest BCUT2D eigenvalue weighted by Gasteiger charge is -2.18. The van der Waals surface area contributed by atoms with Gasteiger partial charge >= 0.3 is 0 Å². The van der Waals surface area contributed by atoms with Crippen LogP contribution in [0.3, 0.4) is 0 Å². The van der Waals surface area contributed by atoms with Crippen LogP contribution in [0.15, 0.2) is 24.3 Å². The first kappa shape index (κ1) is 14.3. The van der Waals surface area contributed by atoms with E-state index in [1.54, 1.807) is 0 Å². The number of hydrogen-bond donors (Lipinski definition) is 0. The van der Waals surface area contributed by atoms with Crippen molar-refractivity contribution < 1.29 is 0 Å². The van der Waals surface area contributed by atoms with Crippen LogP contribution in [-0.4, -0.2) is 0 Å². The van der Waals surface area contributed by atoms with Gasteiger partial charge in [0.1, 0.15) is 0 Å². The van der Waals surface area contributed by atoms with E-state index in [0.29, 0.717) is 5.41 Å². The Kier molecular flexibility index (Phi) is 5.74. The molecule has 0 saturated heterocycles. The van der Waals surface area contributed by atoms with Crippen LogP contribution in [0, 0.1) is 5.41 Å². The molecule has 17 heavy (non-hydrogen) atoms. The molecule has 0 nitrogen and oxygen atoms in total. The van der Waals surface area contributed by atoms with Gasteiger partial charge in [0, 0.05) is 0 Å². The zero-order valence-electron chi connectivity index (χ0n) is 12.1. The van der Waals surface area contributed by atoms with Crippen molar-refractivity contribution in [2.45, 2.75) is 66.2 Å². The summed E-state index contributed by atoms with van der Waals surface area (Å²) in [4.78, 5) is 0. The van der Waals surface area contributed by atoms with Crippen LogP contribution in [0.2, 0.25) is 0 Å². The zero-order valence-corrected chi connectivity index (χ0v) is 12.1. The molecule has 0 amide bonds. The second kappa shape index (κ2) is 6.83. The number of hydrogen-bond acceptors (Lipinski definition) is 0. The van der Waals surface area contributed by atoms with Crippen molar-refractivity contribution in [2.24, 2.45) is 5.41 Å². The van der Waals surface area contributed by atoms with Crippen molar-refractivity contribution >= 4 is 0 Å². The highest BCUT2D eigenvalue weighted by atomic mass is 14.2. The first-order chi connectivity index (χ1) is 8.01. The summed E-state index contributed by atoms with van der Waals surface area (Å²) in [6.45, 7) is 9.16. The molecular weight excluding hydrogens is 204 g/mol. The van der Waals surface area contributed by atoms with Crippen LogP contribution in [-0.2, 0) is 12.8 Å². The average molecular weight is 232 g/mol. The lowest BCUT2D eigenvalue weighted by Crippen LogP contribution is -2.08. The molecule has 0 aliphatic heterocycles. The van der Waals surface area contributed by atoms with Crippen molar-refractivity contribution in [2.75, 3.05) is 0 Å². The molecule has 0 aliphatic rings. The molecule has 0 atom stereocenters. The van der Waals surface area contributed by atoms with Crippen molar-refractivity contribution in [3.8, 4) is 0 Å². The Bertz CT molecular complexity index is 300. The maximum atomic E-state index is 2.31. The molecule has 96 valence electrons. The van der Waals surface area contributed by atoms with Gasteiger partial charge in [-0.05, 0) is 35.8 Å². The summed E-state index contributed by atoms with van der Waals surface area (Å²) in [7, 11) is 0. The quantitative estimate of drug-likeness (QED) is 0.576. The Morgan fingerprint density at radius 2 is 1.41 bits per heavy atom. The Hall–Kier alpha value is -0.780. The topological polar surface area (TPSA) is 0 Å². The number of rotatable bonds is 6. The standard InChI is InChI=1S/C17H28/c1-5-6-7-8-9-15-10-12-16(13-11-15)14-17(2,3)4/h10-13H,5-9,14H2,1-4H3. The monoisotopic (exact) mass is 232 g/mol. The van der Waals surface area contributed by atoms with Crippen molar-refractivity contribution in [3.63, 3.8) is 0 Å². The van der Waals surface area contributed by atoms with Gasteiger partial charge in [0.05, 0.1) is 0 Å². The third-order valence-electron chi connectivity index (χ3n) is 3.08. The van der Waals surface area contributed by atoms with E-state index in [2.05, 4.69) is 52.0 Å². The summed E-state index contributed by atoms with van der Waals surface area (Å²) in [5.74, 6) is 0. The molecule has 0 spiro atoms. The van der Waals surface area contributed by atoms with E-state index in [-0.39, 0.29) is 0 Å². The third-order valence-corrected chi connectivity index (χ3v) is 3.08. The van der Waals surface area contributed by atoms with Crippen LogP contribution >= 0.6 is 0 Å². The largest absolute Gasteiger partial charge is 0.0654 e. The summed E-state index contributed by atoms with van der Waals surface area (Å²) in [6, 6.07) is 9.24. The van der Waals surface area contributed by atoms with E-state index < -0.39 is 0 Å². The van der Waals surface area contributed by atoms with Crippen LogP contribution in [0.1, 0.15) is 64.5 Å². The summed E-state index contributed by atoms with van der Waals surface area (Å²) < 4.78 is 0. The molecule has 1 aromatic carbocycles. The Morgan fingerprint density at radius 1 is 0.824 bits per heavy atom. The third kappa shape index (κ3) is 6.51. The summed E-state index contributed by atoms with van der Waals surface area (Å²) in [5, 5.41) is 0. The summed E-state index contributed by atoms with van der Waals surface area (Å²) in [5.41, 5.74) is 3.36. The van der Waals surface area contributed by atoms with E-state index in [1.165, 1.54) is 49.7 Å². The second-order valence-electron chi connectivity index (χ2n) is 6.36. The van der Waals surface area contributed by atoms with Gasteiger partial charge in [-0.2, -0.15) is 0 Å². The average Bonchev–Trinajstić information content (AvgIpc) is 2.25. The van der Waals surface area contributed by atoms with Gasteiger partial charge in [-0.1, -0.05) is 71.2 Å². The van der Waals surface area contributed by atoms with Crippen molar-refractivity contribution in [1.82, 2.24) is 0 Å². The fourth-order valence-electron chi connectivity index (χ4n) is 2.19. The van der Waals surface area contributed by atoms with Gasteiger partial charge in [-0.25, -0.2) is 0 Å². The predicted octanol–water partition coefficient (Wildman–Crippen LogP) is 5.40. The first-order valence-electron chi connectivity index (χ1n) is 7.09. The SMILES string of the molecule is CCCCCCc1ccc(CC(C)(C)C)cc1. The highest BCUT2D eigenvalue weighted by Gasteiger charge is 2.10. The molecular formula is C17H28. The lowest BCUT2D eigenvalue weighted by atomic mass is 9.88. The van der Waals surface area contributed by atoms with E-state index in [9.17, 15) is 0 Å². The molecule has 1 rings (SSSR count). The summed E-state index contributed by atoms with van der Waals surface area (Å²) >= 11 is 0. The Morgan fingerprint density at radius 3 is 1.94 bits per heavy atom. The molecule has 0 bridgehead atoms. The van der Waals surface area contributed by atoms with Gasteiger partial charge < -0.3 is 0 Å². The highest BCUT2D eigenvalue weighted by Crippen LogP contribution is 2.21. The Balaban J connectivity index is 2.39. The zero-order chi connectivity index (χ0) is 12.7. The maximum absolute atomic E-state index is 2.31. The number of unbranched alkanes of at least 4 members (excludes halogenated alkanes) is 3. The Labute approximate surface area is 107 Å². The normalized spacial score (nSPS) is 11.8. The molecule has 0 heteroatoms. The molecule has 0 unspecified atom stereocenters. The van der Waals surface area contributed by atoms with Crippen LogP contribution in [0.5, 0.6) is 0 Å². The smallest absolute Gasteiger partial charge is 0.0230 e. The molecule has 0 saturated carbocycles. The van der Waals surface area contributed by atoms with E-state index in [1.807, 2.05) is 0 Å². The van der Waals surface area contributed by atoms with Gasteiger partial charge in [-0.3, -0.25) is 0 Å². The fourth-order valence-corrected chi connectivity index (χ4v) is 2.19. The van der Waals surface area contributed by atoms with Crippen LogP contribution < -0.4 is 0 Å². The van der Waals surface area contributed by atoms with Crippen LogP contribution in [0.4, 0.5) is 0 Å². The molecule has 0 aromatic heterocycles. The maximum Gasteiger partial charge on any atom is -0.0230 e. The van der Waals surface area contributed by atoms with Gasteiger partial charge in [-0.15, -0.1) is 0 Å². The van der Waals surface area contributed by atoms with Gasteiger partial charge in [0.25, 0.3) is 0 Å².